The molecule has 1 spiro atoms. The molecule has 0 radical (unpaired) electrons. The second-order valence-electron chi connectivity index (χ2n) is 7.43. The average Bonchev–Trinajstić information content (AvgIpc) is 3.31. The standard InChI is InChI=1S/C20H17N5O/c21-11-14-3-4-15(12-23-14)25-18(13-5-6-20(10-13)7-8-20)24-16-2-1-9-22-17(16)19(25)26/h1-4,9,12-13H,5-8,10H2/t13-/m1/s1. The molecule has 2 aliphatic rings. The molecule has 6 heteroatoms. The van der Waals surface area contributed by atoms with Crippen LogP contribution in [0, 0.1) is 16.7 Å². The minimum atomic E-state index is -0.172. The van der Waals surface area contributed by atoms with Gasteiger partial charge in [-0.3, -0.25) is 9.36 Å². The molecule has 6 nitrogen and oxygen atoms in total. The highest BCUT2D eigenvalue weighted by Crippen LogP contribution is 2.61. The van der Waals surface area contributed by atoms with Crippen LogP contribution in [0.5, 0.6) is 0 Å². The van der Waals surface area contributed by atoms with Crippen LogP contribution >= 0.6 is 0 Å². The molecule has 1 atom stereocenters. The van der Waals surface area contributed by atoms with Gasteiger partial charge in [0, 0.05) is 12.1 Å². The van der Waals surface area contributed by atoms with Gasteiger partial charge >= 0.3 is 0 Å². The van der Waals surface area contributed by atoms with Crippen LogP contribution in [0.2, 0.25) is 0 Å². The molecule has 0 bridgehead atoms. The van der Waals surface area contributed by atoms with Crippen LogP contribution in [0.3, 0.4) is 0 Å². The van der Waals surface area contributed by atoms with Crippen LogP contribution < -0.4 is 5.56 Å². The summed E-state index contributed by atoms with van der Waals surface area (Å²) < 4.78 is 1.65. The molecule has 3 aromatic heterocycles. The lowest BCUT2D eigenvalue weighted by Gasteiger charge is -2.17. The molecule has 3 heterocycles. The van der Waals surface area contributed by atoms with E-state index in [1.54, 1.807) is 29.1 Å². The van der Waals surface area contributed by atoms with E-state index in [4.69, 9.17) is 10.2 Å². The van der Waals surface area contributed by atoms with Gasteiger partial charge in [0.25, 0.3) is 5.56 Å². The van der Waals surface area contributed by atoms with E-state index in [1.165, 1.54) is 19.3 Å². The zero-order chi connectivity index (χ0) is 17.7. The Kier molecular flexibility index (Phi) is 3.20. The summed E-state index contributed by atoms with van der Waals surface area (Å²) in [7, 11) is 0. The zero-order valence-corrected chi connectivity index (χ0v) is 14.2. The number of aromatic nitrogens is 4. The molecule has 0 N–H and O–H groups in total. The van der Waals surface area contributed by atoms with Crippen molar-refractivity contribution in [1.29, 1.82) is 5.26 Å². The summed E-state index contributed by atoms with van der Waals surface area (Å²) in [5.74, 6) is 1.07. The highest BCUT2D eigenvalue weighted by atomic mass is 16.1. The zero-order valence-electron chi connectivity index (χ0n) is 14.2. The first-order valence-corrected chi connectivity index (χ1v) is 8.93. The molecular formula is C20H17N5O. The third-order valence-electron chi connectivity index (χ3n) is 5.80. The van der Waals surface area contributed by atoms with Crippen molar-refractivity contribution in [2.75, 3.05) is 0 Å². The van der Waals surface area contributed by atoms with E-state index in [0.29, 0.717) is 27.8 Å². The van der Waals surface area contributed by atoms with E-state index in [2.05, 4.69) is 9.97 Å². The maximum absolute atomic E-state index is 13.2. The summed E-state index contributed by atoms with van der Waals surface area (Å²) in [5, 5.41) is 8.98. The van der Waals surface area contributed by atoms with E-state index < -0.39 is 0 Å². The topological polar surface area (TPSA) is 84.5 Å². The van der Waals surface area contributed by atoms with Gasteiger partial charge in [-0.05, 0) is 61.8 Å². The Bertz CT molecular complexity index is 1110. The lowest BCUT2D eigenvalue weighted by molar-refractivity contribution is 0.515. The number of hydrogen-bond acceptors (Lipinski definition) is 5. The minimum absolute atomic E-state index is 0.172. The van der Waals surface area contributed by atoms with E-state index in [1.807, 2.05) is 18.2 Å². The Morgan fingerprint density at radius 2 is 2.08 bits per heavy atom. The second kappa shape index (κ2) is 5.46. The fourth-order valence-electron chi connectivity index (χ4n) is 4.20. The third kappa shape index (κ3) is 2.31. The summed E-state index contributed by atoms with van der Waals surface area (Å²) >= 11 is 0. The maximum atomic E-state index is 13.2. The van der Waals surface area contributed by atoms with Crippen molar-refractivity contribution in [1.82, 2.24) is 19.5 Å². The number of nitriles is 1. The molecule has 0 saturated heterocycles. The predicted molar refractivity (Wildman–Crippen MR) is 95.9 cm³/mol. The highest BCUT2D eigenvalue weighted by molar-refractivity contribution is 5.73. The molecule has 0 unspecified atom stereocenters. The van der Waals surface area contributed by atoms with Gasteiger partial charge in [-0.25, -0.2) is 15.0 Å². The monoisotopic (exact) mass is 343 g/mol. The van der Waals surface area contributed by atoms with Gasteiger partial charge in [-0.1, -0.05) is 0 Å². The van der Waals surface area contributed by atoms with Crippen molar-refractivity contribution in [3.8, 4) is 11.8 Å². The Morgan fingerprint density at radius 1 is 1.19 bits per heavy atom. The molecule has 0 aliphatic heterocycles. The van der Waals surface area contributed by atoms with E-state index in [9.17, 15) is 4.79 Å². The first kappa shape index (κ1) is 15.2. The molecule has 2 fully saturated rings. The lowest BCUT2D eigenvalue weighted by atomic mass is 10.0. The fraction of sp³-hybridized carbons (Fsp3) is 0.350. The molecule has 2 saturated carbocycles. The summed E-state index contributed by atoms with van der Waals surface area (Å²) in [6.45, 7) is 0. The van der Waals surface area contributed by atoms with Crippen LogP contribution in [-0.4, -0.2) is 19.5 Å². The fourth-order valence-corrected chi connectivity index (χ4v) is 4.20. The largest absolute Gasteiger partial charge is 0.284 e. The number of pyridine rings is 2. The summed E-state index contributed by atoms with van der Waals surface area (Å²) in [4.78, 5) is 26.4. The van der Waals surface area contributed by atoms with E-state index in [0.717, 1.165) is 18.7 Å². The second-order valence-corrected chi connectivity index (χ2v) is 7.43. The van der Waals surface area contributed by atoms with Crippen molar-refractivity contribution >= 4 is 11.0 Å². The van der Waals surface area contributed by atoms with Crippen molar-refractivity contribution in [2.24, 2.45) is 5.41 Å². The first-order chi connectivity index (χ1) is 12.7. The molecule has 0 amide bonds. The van der Waals surface area contributed by atoms with Gasteiger partial charge in [0.05, 0.1) is 17.4 Å². The lowest BCUT2D eigenvalue weighted by Crippen LogP contribution is -2.26. The molecular weight excluding hydrogens is 326 g/mol. The predicted octanol–water partition coefficient (Wildman–Crippen LogP) is 3.10. The van der Waals surface area contributed by atoms with Gasteiger partial charge in [-0.15, -0.1) is 0 Å². The van der Waals surface area contributed by atoms with Gasteiger partial charge in [0.15, 0.2) is 5.52 Å². The quantitative estimate of drug-likeness (QED) is 0.714. The molecule has 3 aromatic rings. The number of nitrogens with zero attached hydrogens (tertiary/aromatic N) is 5. The highest BCUT2D eigenvalue weighted by Gasteiger charge is 2.49. The summed E-state index contributed by atoms with van der Waals surface area (Å²) in [6, 6.07) is 9.05. The Morgan fingerprint density at radius 3 is 2.77 bits per heavy atom. The van der Waals surface area contributed by atoms with Crippen LogP contribution in [-0.2, 0) is 0 Å². The van der Waals surface area contributed by atoms with Crippen LogP contribution in [0.25, 0.3) is 16.7 Å². The maximum Gasteiger partial charge on any atom is 0.284 e. The SMILES string of the molecule is N#Cc1ccc(-n2c([C@@H]3CCC4(CC4)C3)nc3cccnc3c2=O)cn1. The van der Waals surface area contributed by atoms with Crippen molar-refractivity contribution < 1.29 is 0 Å². The molecule has 128 valence electrons. The smallest absolute Gasteiger partial charge is 0.266 e. The van der Waals surface area contributed by atoms with Crippen LogP contribution in [0.4, 0.5) is 0 Å². The third-order valence-corrected chi connectivity index (χ3v) is 5.80. The van der Waals surface area contributed by atoms with Gasteiger partial charge in [0.1, 0.15) is 17.6 Å². The van der Waals surface area contributed by atoms with Crippen molar-refractivity contribution in [3.05, 3.63) is 58.5 Å². The summed E-state index contributed by atoms with van der Waals surface area (Å²) in [5.41, 5.74) is 2.28. The van der Waals surface area contributed by atoms with Crippen molar-refractivity contribution in [2.45, 2.75) is 38.0 Å². The number of hydrogen-bond donors (Lipinski definition) is 0. The van der Waals surface area contributed by atoms with Crippen molar-refractivity contribution in [3.63, 3.8) is 0 Å². The van der Waals surface area contributed by atoms with Crippen LogP contribution in [0.15, 0.2) is 41.5 Å². The van der Waals surface area contributed by atoms with E-state index >= 15 is 0 Å². The molecule has 26 heavy (non-hydrogen) atoms. The molecule has 2 aliphatic carbocycles. The van der Waals surface area contributed by atoms with Crippen LogP contribution in [0.1, 0.15) is 49.5 Å². The average molecular weight is 343 g/mol. The Hall–Kier alpha value is -3.07. The molecule has 5 rings (SSSR count). The minimum Gasteiger partial charge on any atom is -0.266 e. The number of rotatable bonds is 2. The van der Waals surface area contributed by atoms with E-state index in [-0.39, 0.29) is 11.5 Å². The normalized spacial score (nSPS) is 20.3. The number of fused-ring (bicyclic) bond motifs is 1. The van der Waals surface area contributed by atoms with Gasteiger partial charge in [-0.2, -0.15) is 5.26 Å². The van der Waals surface area contributed by atoms with Gasteiger partial charge in [0.2, 0.25) is 0 Å². The van der Waals surface area contributed by atoms with Gasteiger partial charge < -0.3 is 0 Å². The Labute approximate surface area is 150 Å². The molecule has 0 aromatic carbocycles. The Balaban J connectivity index is 1.73. The first-order valence-electron chi connectivity index (χ1n) is 8.93. The summed E-state index contributed by atoms with van der Waals surface area (Å²) in [6.07, 6.45) is 9.13.